The van der Waals surface area contributed by atoms with E-state index in [9.17, 15) is 42.9 Å². The Labute approximate surface area is 220 Å². The monoisotopic (exact) mass is 555 g/mol. The molecular weight excluding hydrogens is 527 g/mol. The Morgan fingerprint density at radius 3 is 2.46 bits per heavy atom. The van der Waals surface area contributed by atoms with Crippen LogP contribution in [0.4, 0.5) is 13.2 Å². The molecule has 0 aliphatic heterocycles. The number of hydrogen-bond donors (Lipinski definition) is 5. The van der Waals surface area contributed by atoms with Crippen LogP contribution in [-0.2, 0) is 36.9 Å². The van der Waals surface area contributed by atoms with Gasteiger partial charge in [0.15, 0.2) is 18.0 Å². The van der Waals surface area contributed by atoms with Gasteiger partial charge in [0, 0.05) is 25.1 Å². The summed E-state index contributed by atoms with van der Waals surface area (Å²) in [6, 6.07) is 1.56. The molecule has 1 aromatic rings. The van der Waals surface area contributed by atoms with Gasteiger partial charge in [0.2, 0.25) is 5.78 Å². The van der Waals surface area contributed by atoms with E-state index in [-0.39, 0.29) is 30.5 Å². The van der Waals surface area contributed by atoms with Crippen LogP contribution in [0.3, 0.4) is 0 Å². The van der Waals surface area contributed by atoms with Crippen LogP contribution in [-0.4, -0.2) is 83.3 Å². The van der Waals surface area contributed by atoms with Crippen molar-refractivity contribution in [1.82, 2.24) is 10.4 Å². The lowest BCUT2D eigenvalue weighted by molar-refractivity contribution is -0.190. The number of amides is 1. The molecule has 212 valence electrons. The zero-order chi connectivity index (χ0) is 29.0. The number of aromatic hydroxyl groups is 1. The molecule has 0 heterocycles. The molecule has 0 spiro atoms. The predicted octanol–water partition coefficient (Wildman–Crippen LogP) is 1.20. The summed E-state index contributed by atoms with van der Waals surface area (Å²) in [7, 11) is 4.23. The molecule has 0 saturated heterocycles. The topological polar surface area (TPSA) is 172 Å². The van der Waals surface area contributed by atoms with E-state index in [1.165, 1.54) is 17.0 Å². The van der Waals surface area contributed by atoms with E-state index in [0.29, 0.717) is 11.1 Å². The van der Waals surface area contributed by atoms with Gasteiger partial charge in [-0.15, -0.1) is 0 Å². The summed E-state index contributed by atoms with van der Waals surface area (Å²) in [6.07, 6.45) is -4.47. The molecule has 14 heteroatoms. The molecule has 1 amide bonds. The molecule has 0 radical (unpaired) electrons. The highest BCUT2D eigenvalue weighted by atomic mass is 19.4. The van der Waals surface area contributed by atoms with Crippen molar-refractivity contribution in [3.05, 3.63) is 45.7 Å². The van der Waals surface area contributed by atoms with Crippen LogP contribution in [0, 0.1) is 11.8 Å². The number of rotatable bonds is 7. The first-order chi connectivity index (χ1) is 18.2. The molecule has 1 saturated carbocycles. The quantitative estimate of drug-likeness (QED) is 0.187. The number of Topliss-reactive ketones (excluding diaryl/α,β-unsaturated/α-hetero) is 2. The number of aliphatic hydroxyl groups is 2. The Hall–Kier alpha value is -3.46. The third-order valence-electron chi connectivity index (χ3n) is 7.59. The summed E-state index contributed by atoms with van der Waals surface area (Å²) in [4.78, 5) is 45.4. The lowest BCUT2D eigenvalue weighted by Crippen LogP contribution is -2.66. The number of halogens is 3. The van der Waals surface area contributed by atoms with Crippen molar-refractivity contribution in [3.8, 4) is 5.75 Å². The van der Waals surface area contributed by atoms with Gasteiger partial charge in [-0.25, -0.2) is 0 Å². The van der Waals surface area contributed by atoms with Crippen molar-refractivity contribution in [1.29, 1.82) is 0 Å². The van der Waals surface area contributed by atoms with Crippen LogP contribution < -0.4 is 11.2 Å². The van der Waals surface area contributed by atoms with Crippen molar-refractivity contribution in [2.24, 2.45) is 17.6 Å². The highest BCUT2D eigenvalue weighted by molar-refractivity contribution is 6.24. The smallest absolute Gasteiger partial charge is 0.413 e. The third kappa shape index (κ3) is 4.46. The number of carbonyl (C=O) groups is 3. The van der Waals surface area contributed by atoms with Crippen molar-refractivity contribution >= 4 is 23.2 Å². The van der Waals surface area contributed by atoms with Crippen molar-refractivity contribution in [3.63, 3.8) is 0 Å². The number of phenols is 1. The number of hydroxylamine groups is 1. The molecule has 1 aromatic carbocycles. The maximum absolute atomic E-state index is 14.1. The molecular formula is C25H28F3N3O8. The second-order valence-electron chi connectivity index (χ2n) is 9.96. The van der Waals surface area contributed by atoms with Gasteiger partial charge in [-0.3, -0.25) is 24.1 Å². The number of phenolic OH excluding ortho intramolecular Hbond substituents is 1. The summed E-state index contributed by atoms with van der Waals surface area (Å²) >= 11 is 0. The zero-order valence-corrected chi connectivity index (χ0v) is 21.3. The van der Waals surface area contributed by atoms with Crippen LogP contribution in [0.1, 0.15) is 23.1 Å². The van der Waals surface area contributed by atoms with Gasteiger partial charge in [-0.2, -0.15) is 18.7 Å². The largest absolute Gasteiger partial charge is 0.508 e. The van der Waals surface area contributed by atoms with Crippen LogP contribution in [0.25, 0.3) is 5.76 Å². The first-order valence-electron chi connectivity index (χ1n) is 11.9. The van der Waals surface area contributed by atoms with E-state index in [2.05, 4.69) is 10.3 Å². The summed E-state index contributed by atoms with van der Waals surface area (Å²) in [5.74, 6) is -6.60. The lowest BCUT2D eigenvalue weighted by Gasteiger charge is -2.52. The standard InChI is InChI=1S/C25H28F3N3O8/c1-31(2)18-13-7-11-6-12-10(8-30-39-9-24(26,27)28)4-5-14(32)16(12)19(33)15(11)21(35)25(13,38-3)22(36)17(20(18)34)23(29)37/h4-5,11,13,18,30,32-33,36H,6-9H2,1-3H3,(H2,29,37)/t11-,13-,18-,25-/m0/s1. The number of nitrogens with two attached hydrogens (primary N) is 1. The number of alkyl halides is 3. The Kier molecular flexibility index (Phi) is 7.27. The number of methoxy groups -OCH3 is 1. The third-order valence-corrected chi connectivity index (χ3v) is 7.59. The maximum Gasteiger partial charge on any atom is 0.413 e. The van der Waals surface area contributed by atoms with Crippen molar-refractivity contribution in [2.75, 3.05) is 27.8 Å². The van der Waals surface area contributed by atoms with Crippen LogP contribution in [0.2, 0.25) is 0 Å². The number of ketones is 2. The molecule has 39 heavy (non-hydrogen) atoms. The Morgan fingerprint density at radius 2 is 1.90 bits per heavy atom. The normalized spacial score (nSPS) is 27.0. The highest BCUT2D eigenvalue weighted by Crippen LogP contribution is 2.54. The van der Waals surface area contributed by atoms with Gasteiger partial charge in [0.25, 0.3) is 5.91 Å². The van der Waals surface area contributed by atoms with Crippen LogP contribution in [0.15, 0.2) is 29.0 Å². The fourth-order valence-corrected chi connectivity index (χ4v) is 6.06. The fourth-order valence-electron chi connectivity index (χ4n) is 6.06. The summed E-state index contributed by atoms with van der Waals surface area (Å²) in [5.41, 5.74) is 5.08. The predicted molar refractivity (Wildman–Crippen MR) is 128 cm³/mol. The maximum atomic E-state index is 14.1. The summed E-state index contributed by atoms with van der Waals surface area (Å²) < 4.78 is 42.9. The zero-order valence-electron chi connectivity index (χ0n) is 21.3. The lowest BCUT2D eigenvalue weighted by atomic mass is 9.57. The van der Waals surface area contributed by atoms with Gasteiger partial charge in [0.1, 0.15) is 22.8 Å². The average Bonchev–Trinajstić information content (AvgIpc) is 2.82. The molecule has 3 aliphatic rings. The molecule has 0 bridgehead atoms. The number of carbonyl (C=O) groups excluding carboxylic acids is 3. The van der Waals surface area contributed by atoms with Crippen molar-refractivity contribution < 1.29 is 52.4 Å². The molecule has 6 N–H and O–H groups in total. The molecule has 4 rings (SSSR count). The van der Waals surface area contributed by atoms with Gasteiger partial charge < -0.3 is 25.8 Å². The summed E-state index contributed by atoms with van der Waals surface area (Å²) in [6.45, 7) is -1.75. The highest BCUT2D eigenvalue weighted by Gasteiger charge is 2.65. The van der Waals surface area contributed by atoms with E-state index in [1.807, 2.05) is 0 Å². The van der Waals surface area contributed by atoms with Crippen LogP contribution >= 0.6 is 0 Å². The Morgan fingerprint density at radius 1 is 1.23 bits per heavy atom. The minimum atomic E-state index is -4.55. The minimum absolute atomic E-state index is 0.0240. The second-order valence-corrected chi connectivity index (χ2v) is 9.96. The van der Waals surface area contributed by atoms with Gasteiger partial charge in [-0.1, -0.05) is 6.07 Å². The molecule has 1 fully saturated rings. The number of nitrogens with one attached hydrogen (secondary N) is 1. The fraction of sp³-hybridized carbons (Fsp3) is 0.480. The number of fused-ring (bicyclic) bond motifs is 3. The van der Waals surface area contributed by atoms with Crippen LogP contribution in [0.5, 0.6) is 5.75 Å². The van der Waals surface area contributed by atoms with Gasteiger partial charge >= 0.3 is 6.18 Å². The molecule has 0 aromatic heterocycles. The first kappa shape index (κ1) is 28.5. The number of primary amides is 1. The number of likely N-dealkylation sites (N-methyl/N-ethyl adjacent to an activating group) is 1. The molecule has 11 nitrogen and oxygen atoms in total. The number of nitrogens with zero attached hydrogens (tertiary/aromatic N) is 1. The van der Waals surface area contributed by atoms with Gasteiger partial charge in [0.05, 0.1) is 11.6 Å². The number of hydrogen-bond acceptors (Lipinski definition) is 10. The van der Waals surface area contributed by atoms with Gasteiger partial charge in [-0.05, 0) is 50.0 Å². The molecule has 3 aliphatic carbocycles. The first-order valence-corrected chi connectivity index (χ1v) is 11.9. The Bertz CT molecular complexity index is 1310. The number of ether oxygens (including phenoxy) is 1. The van der Waals surface area contributed by atoms with E-state index in [4.69, 9.17) is 10.5 Å². The second kappa shape index (κ2) is 9.93. The number of aliphatic hydroxyl groups excluding tert-OH is 2. The minimum Gasteiger partial charge on any atom is -0.508 e. The SMILES string of the molecule is CO[C@]12C(=O)C3=C(O)c4c(O)ccc(CNOCC(F)(F)F)c4C[C@H]3C[C@H]1[C@H](N(C)C)C(=O)C(C(N)=O)=C2O. The Balaban J connectivity index is 1.84. The average molecular weight is 556 g/mol. The van der Waals surface area contributed by atoms with E-state index >= 15 is 0 Å². The molecule has 0 unspecified atom stereocenters. The summed E-state index contributed by atoms with van der Waals surface area (Å²) in [5, 5.41) is 33.0. The molecule has 4 atom stereocenters. The number of benzene rings is 1. The van der Waals surface area contributed by atoms with Crippen molar-refractivity contribution in [2.45, 2.75) is 37.2 Å². The van der Waals surface area contributed by atoms with E-state index in [0.717, 1.165) is 7.11 Å². The van der Waals surface area contributed by atoms with E-state index in [1.54, 1.807) is 14.1 Å². The van der Waals surface area contributed by atoms with E-state index < -0.39 is 76.6 Å².